The predicted octanol–water partition coefficient (Wildman–Crippen LogP) is 2.76. The van der Waals surface area contributed by atoms with Crippen LogP contribution < -0.4 is 0 Å². The summed E-state index contributed by atoms with van der Waals surface area (Å²) in [4.78, 5) is 1.97. The van der Waals surface area contributed by atoms with Gasteiger partial charge >= 0.3 is 0 Å². The van der Waals surface area contributed by atoms with Crippen LogP contribution in [0.3, 0.4) is 0 Å². The predicted molar refractivity (Wildman–Crippen MR) is 77.3 cm³/mol. The Kier molecular flexibility index (Phi) is 18.1. The van der Waals surface area contributed by atoms with Gasteiger partial charge in [0.25, 0.3) is 0 Å². The lowest BCUT2D eigenvalue weighted by molar-refractivity contribution is -0.0244. The molecule has 0 aromatic heterocycles. The van der Waals surface area contributed by atoms with Crippen molar-refractivity contribution >= 4 is 0 Å². The molecule has 0 amide bonds. The zero-order valence-corrected chi connectivity index (χ0v) is 13.4. The molecule has 1 unspecified atom stereocenters. The number of hydrogen-bond acceptors (Lipinski definition) is 3. The van der Waals surface area contributed by atoms with Crippen LogP contribution in [0.1, 0.15) is 54.9 Å². The summed E-state index contributed by atoms with van der Waals surface area (Å²) in [7, 11) is 3.86. The molecule has 0 fully saturated rings. The van der Waals surface area contributed by atoms with Crippen LogP contribution in [-0.4, -0.2) is 47.5 Å². The molecule has 0 saturated heterocycles. The maximum Gasteiger partial charge on any atom is 0.0950 e. The fourth-order valence-corrected chi connectivity index (χ4v) is 1.46. The van der Waals surface area contributed by atoms with E-state index in [9.17, 15) is 10.2 Å². The zero-order chi connectivity index (χ0) is 14.6. The van der Waals surface area contributed by atoms with Crippen LogP contribution in [0.15, 0.2) is 0 Å². The summed E-state index contributed by atoms with van der Waals surface area (Å²) in [6, 6.07) is 0.0417. The van der Waals surface area contributed by atoms with E-state index in [-0.39, 0.29) is 6.04 Å². The summed E-state index contributed by atoms with van der Waals surface area (Å²) < 4.78 is 0. The van der Waals surface area contributed by atoms with Gasteiger partial charge in [0.2, 0.25) is 0 Å². The molecule has 0 bridgehead atoms. The van der Waals surface area contributed by atoms with Crippen LogP contribution in [0.25, 0.3) is 0 Å². The molecule has 3 heteroatoms. The number of aliphatic hydroxyl groups is 2. The molecule has 0 aromatic carbocycles. The van der Waals surface area contributed by atoms with Gasteiger partial charge in [-0.2, -0.15) is 0 Å². The van der Waals surface area contributed by atoms with Gasteiger partial charge < -0.3 is 15.1 Å². The van der Waals surface area contributed by atoms with E-state index in [4.69, 9.17) is 0 Å². The summed E-state index contributed by atoms with van der Waals surface area (Å²) in [5, 5.41) is 19.0. The van der Waals surface area contributed by atoms with Crippen molar-refractivity contribution in [3.05, 3.63) is 0 Å². The van der Waals surface area contributed by atoms with Gasteiger partial charge in [-0.25, -0.2) is 0 Å². The number of rotatable bonds is 5. The van der Waals surface area contributed by atoms with Crippen LogP contribution in [-0.2, 0) is 0 Å². The van der Waals surface area contributed by atoms with E-state index in [1.165, 1.54) is 0 Å². The Labute approximate surface area is 109 Å². The molecule has 0 aromatic rings. The van der Waals surface area contributed by atoms with Crippen molar-refractivity contribution in [2.45, 2.75) is 73.1 Å². The molecule has 3 nitrogen and oxygen atoms in total. The Bertz CT molecular complexity index is 136. The molecule has 0 aliphatic heterocycles. The first-order valence-corrected chi connectivity index (χ1v) is 6.88. The largest absolute Gasteiger partial charge is 0.391 e. The fraction of sp³-hybridized carbons (Fsp3) is 1.00. The van der Waals surface area contributed by atoms with Gasteiger partial charge in [0.15, 0.2) is 0 Å². The van der Waals surface area contributed by atoms with Gasteiger partial charge in [-0.05, 0) is 33.4 Å². The number of nitrogens with zero attached hydrogens (tertiary/aromatic N) is 1. The molecule has 108 valence electrons. The van der Waals surface area contributed by atoms with Crippen LogP contribution in [0.5, 0.6) is 0 Å². The minimum absolute atomic E-state index is 0.0417. The lowest BCUT2D eigenvalue weighted by Crippen LogP contribution is -2.45. The Hall–Kier alpha value is -0.120. The molecule has 3 atom stereocenters. The highest BCUT2D eigenvalue weighted by atomic mass is 16.3. The summed E-state index contributed by atoms with van der Waals surface area (Å²) in [6.45, 7) is 13.9. The SMILES string of the molecule is CC.CC.CC(C)CC([C@@H](O)[C@@H](C)O)N(C)C. The first kappa shape index (κ1) is 22.1. The minimum atomic E-state index is -0.661. The minimum Gasteiger partial charge on any atom is -0.391 e. The quantitative estimate of drug-likeness (QED) is 0.787. The highest BCUT2D eigenvalue weighted by Crippen LogP contribution is 2.14. The Morgan fingerprint density at radius 1 is 0.882 bits per heavy atom. The van der Waals surface area contributed by atoms with Gasteiger partial charge in [0.05, 0.1) is 12.2 Å². The van der Waals surface area contributed by atoms with E-state index in [1.54, 1.807) is 6.92 Å². The smallest absolute Gasteiger partial charge is 0.0950 e. The van der Waals surface area contributed by atoms with E-state index in [2.05, 4.69) is 13.8 Å². The maximum atomic E-state index is 9.71. The van der Waals surface area contributed by atoms with Crippen molar-refractivity contribution < 1.29 is 10.2 Å². The van der Waals surface area contributed by atoms with E-state index in [0.29, 0.717) is 5.92 Å². The molecule has 17 heavy (non-hydrogen) atoms. The number of hydrogen-bond donors (Lipinski definition) is 2. The monoisotopic (exact) mass is 249 g/mol. The van der Waals surface area contributed by atoms with Crippen molar-refractivity contribution in [2.24, 2.45) is 5.92 Å². The molecule has 0 heterocycles. The van der Waals surface area contributed by atoms with Crippen LogP contribution in [0.2, 0.25) is 0 Å². The molecule has 0 aliphatic rings. The van der Waals surface area contributed by atoms with Crippen LogP contribution >= 0.6 is 0 Å². The summed E-state index contributed by atoms with van der Waals surface area (Å²) >= 11 is 0. The van der Waals surface area contributed by atoms with E-state index < -0.39 is 12.2 Å². The highest BCUT2D eigenvalue weighted by Gasteiger charge is 2.25. The van der Waals surface area contributed by atoms with Crippen LogP contribution in [0, 0.1) is 5.92 Å². The van der Waals surface area contributed by atoms with Crippen molar-refractivity contribution in [3.63, 3.8) is 0 Å². The van der Waals surface area contributed by atoms with Gasteiger partial charge in [0.1, 0.15) is 0 Å². The van der Waals surface area contributed by atoms with E-state index in [1.807, 2.05) is 46.7 Å². The molecule has 0 saturated carbocycles. The topological polar surface area (TPSA) is 43.7 Å². The van der Waals surface area contributed by atoms with Gasteiger partial charge in [-0.1, -0.05) is 41.5 Å². The first-order valence-electron chi connectivity index (χ1n) is 6.88. The van der Waals surface area contributed by atoms with Crippen molar-refractivity contribution in [3.8, 4) is 0 Å². The average Bonchev–Trinajstić information content (AvgIpc) is 2.29. The Morgan fingerprint density at radius 2 is 1.24 bits per heavy atom. The second-order valence-corrected chi connectivity index (χ2v) is 4.39. The fourth-order valence-electron chi connectivity index (χ4n) is 1.46. The zero-order valence-electron chi connectivity index (χ0n) is 13.4. The molecular weight excluding hydrogens is 214 g/mol. The standard InChI is InChI=1S/C10H23NO2.2C2H6/c1-7(2)6-9(11(4)5)10(13)8(3)12;2*1-2/h7-10,12-13H,6H2,1-5H3;2*1-2H3/t8-,9?,10+;;/m1../s1. The Morgan fingerprint density at radius 3 is 1.41 bits per heavy atom. The highest BCUT2D eigenvalue weighted by molar-refractivity contribution is 4.80. The molecule has 0 aliphatic carbocycles. The van der Waals surface area contributed by atoms with E-state index in [0.717, 1.165) is 6.42 Å². The second kappa shape index (κ2) is 13.9. The third-order valence-corrected chi connectivity index (χ3v) is 2.26. The summed E-state index contributed by atoms with van der Waals surface area (Å²) in [5.41, 5.74) is 0. The number of aliphatic hydroxyl groups excluding tert-OH is 2. The summed E-state index contributed by atoms with van der Waals surface area (Å²) in [6.07, 6.45) is -0.414. The summed E-state index contributed by atoms with van der Waals surface area (Å²) in [5.74, 6) is 0.529. The molecule has 2 N–H and O–H groups in total. The third-order valence-electron chi connectivity index (χ3n) is 2.26. The molecular formula is C14H35NO2. The molecule has 0 rings (SSSR count). The first-order chi connectivity index (χ1) is 7.86. The third kappa shape index (κ3) is 12.1. The van der Waals surface area contributed by atoms with Crippen molar-refractivity contribution in [1.29, 1.82) is 0 Å². The lowest BCUT2D eigenvalue weighted by Gasteiger charge is -2.31. The normalized spacial score (nSPS) is 15.4. The van der Waals surface area contributed by atoms with Crippen molar-refractivity contribution in [1.82, 2.24) is 4.90 Å². The molecule has 0 spiro atoms. The van der Waals surface area contributed by atoms with Gasteiger partial charge in [0, 0.05) is 6.04 Å². The van der Waals surface area contributed by atoms with Gasteiger partial charge in [-0.15, -0.1) is 0 Å². The lowest BCUT2D eigenvalue weighted by atomic mass is 9.96. The molecule has 0 radical (unpaired) electrons. The van der Waals surface area contributed by atoms with Crippen molar-refractivity contribution in [2.75, 3.05) is 14.1 Å². The van der Waals surface area contributed by atoms with E-state index >= 15 is 0 Å². The maximum absolute atomic E-state index is 9.71. The average molecular weight is 249 g/mol. The van der Waals surface area contributed by atoms with Gasteiger partial charge in [-0.3, -0.25) is 0 Å². The van der Waals surface area contributed by atoms with Crippen LogP contribution in [0.4, 0.5) is 0 Å². The number of likely N-dealkylation sites (N-methyl/N-ethyl adjacent to an activating group) is 1. The second-order valence-electron chi connectivity index (χ2n) is 4.39. The Balaban J connectivity index is -0.000000439.